The third-order valence-corrected chi connectivity index (χ3v) is 1.96. The molecule has 1 aromatic rings. The van der Waals surface area contributed by atoms with Crippen molar-refractivity contribution in [3.8, 4) is 17.2 Å². The maximum atomic E-state index is 11.3. The number of methoxy groups -OCH3 is 2. The molecule has 0 radical (unpaired) electrons. The van der Waals surface area contributed by atoms with Crippen LogP contribution in [0.2, 0.25) is 0 Å². The fourth-order valence-corrected chi connectivity index (χ4v) is 1.19. The van der Waals surface area contributed by atoms with Crippen LogP contribution >= 0.6 is 0 Å². The predicted octanol–water partition coefficient (Wildman–Crippen LogP) is 0.877. The molecule has 7 nitrogen and oxygen atoms in total. The van der Waals surface area contributed by atoms with Gasteiger partial charge in [-0.1, -0.05) is 6.07 Å². The van der Waals surface area contributed by atoms with Gasteiger partial charge in [-0.25, -0.2) is 4.79 Å². The van der Waals surface area contributed by atoms with E-state index in [1.807, 2.05) is 0 Å². The van der Waals surface area contributed by atoms with Crippen molar-refractivity contribution >= 4 is 12.1 Å². The molecule has 2 N–H and O–H groups in total. The number of para-hydroxylation sites is 1. The zero-order valence-electron chi connectivity index (χ0n) is 9.93. The molecular weight excluding hydrogens is 242 g/mol. The fourth-order valence-electron chi connectivity index (χ4n) is 1.19. The number of carboxylic acid groups (broad SMARTS) is 1. The average molecular weight is 255 g/mol. The molecule has 0 fully saturated rings. The summed E-state index contributed by atoms with van der Waals surface area (Å²) < 4.78 is 15.0. The highest BCUT2D eigenvalue weighted by Crippen LogP contribution is 2.36. The summed E-state index contributed by atoms with van der Waals surface area (Å²) in [4.78, 5) is 21.6. The van der Waals surface area contributed by atoms with Crippen LogP contribution in [-0.2, 0) is 4.79 Å². The number of nitrogens with one attached hydrogen (secondary N) is 1. The Kier molecular flexibility index (Phi) is 4.79. The fraction of sp³-hybridized carbons (Fsp3) is 0.273. The second kappa shape index (κ2) is 6.33. The van der Waals surface area contributed by atoms with Gasteiger partial charge in [0.15, 0.2) is 11.5 Å². The normalized spacial score (nSPS) is 9.44. The number of aliphatic carboxylic acids is 1. The molecule has 0 heterocycles. The van der Waals surface area contributed by atoms with Gasteiger partial charge in [-0.05, 0) is 12.1 Å². The Hall–Kier alpha value is -2.44. The third-order valence-electron chi connectivity index (χ3n) is 1.96. The molecule has 0 aliphatic rings. The zero-order chi connectivity index (χ0) is 13.5. The molecule has 7 heteroatoms. The zero-order valence-corrected chi connectivity index (χ0v) is 9.93. The molecule has 0 saturated carbocycles. The number of carbonyl (C=O) groups is 2. The first kappa shape index (κ1) is 13.6. The molecule has 0 aliphatic heterocycles. The number of carboxylic acids is 1. The number of amides is 1. The van der Waals surface area contributed by atoms with Gasteiger partial charge in [0.2, 0.25) is 5.75 Å². The molecule has 1 aromatic carbocycles. The maximum absolute atomic E-state index is 11.3. The van der Waals surface area contributed by atoms with Gasteiger partial charge >= 0.3 is 12.1 Å². The first-order chi connectivity index (χ1) is 8.58. The maximum Gasteiger partial charge on any atom is 0.413 e. The minimum atomic E-state index is -1.17. The molecule has 0 spiro atoms. The number of hydrogen-bond acceptors (Lipinski definition) is 5. The van der Waals surface area contributed by atoms with Gasteiger partial charge in [-0.2, -0.15) is 0 Å². The van der Waals surface area contributed by atoms with Gasteiger partial charge in [-0.3, -0.25) is 4.79 Å². The van der Waals surface area contributed by atoms with Gasteiger partial charge in [0.25, 0.3) is 0 Å². The van der Waals surface area contributed by atoms with Crippen molar-refractivity contribution in [1.29, 1.82) is 0 Å². The minimum absolute atomic E-state index is 0.0883. The topological polar surface area (TPSA) is 94.1 Å². The van der Waals surface area contributed by atoms with Crippen LogP contribution in [0.15, 0.2) is 18.2 Å². The largest absolute Gasteiger partial charge is 0.493 e. The Labute approximate surface area is 103 Å². The molecular formula is C11H13NO6. The highest BCUT2D eigenvalue weighted by molar-refractivity contribution is 5.78. The SMILES string of the molecule is COc1cccc(OC)c1OC(=O)NCC(=O)O. The Morgan fingerprint density at radius 1 is 1.22 bits per heavy atom. The molecule has 1 rings (SSSR count). The Balaban J connectivity index is 2.82. The standard InChI is InChI=1S/C11H13NO6/c1-16-7-4-3-5-8(17-2)10(7)18-11(15)12-6-9(13)14/h3-5H,6H2,1-2H3,(H,12,15)(H,13,14). The molecule has 0 aliphatic carbocycles. The lowest BCUT2D eigenvalue weighted by Crippen LogP contribution is -2.31. The Morgan fingerprint density at radius 3 is 2.22 bits per heavy atom. The van der Waals surface area contributed by atoms with Crippen LogP contribution < -0.4 is 19.5 Å². The van der Waals surface area contributed by atoms with Crippen molar-refractivity contribution in [1.82, 2.24) is 5.32 Å². The van der Waals surface area contributed by atoms with E-state index in [1.165, 1.54) is 14.2 Å². The molecule has 0 bridgehead atoms. The predicted molar refractivity (Wildman–Crippen MR) is 61.2 cm³/mol. The molecule has 0 saturated heterocycles. The number of hydrogen-bond donors (Lipinski definition) is 2. The van der Waals surface area contributed by atoms with E-state index < -0.39 is 18.6 Å². The van der Waals surface area contributed by atoms with Crippen LogP contribution in [0.1, 0.15) is 0 Å². The highest BCUT2D eigenvalue weighted by atomic mass is 16.6. The van der Waals surface area contributed by atoms with Gasteiger partial charge in [0.05, 0.1) is 14.2 Å². The second-order valence-electron chi connectivity index (χ2n) is 3.13. The Morgan fingerprint density at radius 2 is 1.78 bits per heavy atom. The van der Waals surface area contributed by atoms with Crippen LogP contribution in [0.25, 0.3) is 0 Å². The van der Waals surface area contributed by atoms with E-state index in [1.54, 1.807) is 18.2 Å². The summed E-state index contributed by atoms with van der Waals surface area (Å²) in [6.07, 6.45) is -0.903. The number of carbonyl (C=O) groups excluding carboxylic acids is 1. The van der Waals surface area contributed by atoms with Crippen molar-refractivity contribution in [3.63, 3.8) is 0 Å². The van der Waals surface area contributed by atoms with Crippen molar-refractivity contribution in [2.75, 3.05) is 20.8 Å². The molecule has 0 unspecified atom stereocenters. The summed E-state index contributed by atoms with van der Waals surface area (Å²) in [5, 5.41) is 10.5. The monoisotopic (exact) mass is 255 g/mol. The summed E-state index contributed by atoms with van der Waals surface area (Å²) in [6, 6.07) is 4.84. The smallest absolute Gasteiger partial charge is 0.413 e. The summed E-state index contributed by atoms with van der Waals surface area (Å²) in [6.45, 7) is -0.531. The molecule has 18 heavy (non-hydrogen) atoms. The van der Waals surface area contributed by atoms with E-state index in [4.69, 9.17) is 19.3 Å². The third kappa shape index (κ3) is 3.55. The average Bonchev–Trinajstić information content (AvgIpc) is 2.36. The van der Waals surface area contributed by atoms with Gasteiger partial charge in [-0.15, -0.1) is 0 Å². The summed E-state index contributed by atoms with van der Waals surface area (Å²) in [5.74, 6) is -0.469. The highest BCUT2D eigenvalue weighted by Gasteiger charge is 2.15. The second-order valence-corrected chi connectivity index (χ2v) is 3.13. The lowest BCUT2D eigenvalue weighted by Gasteiger charge is -2.12. The summed E-state index contributed by atoms with van der Waals surface area (Å²) in [7, 11) is 2.83. The van der Waals surface area contributed by atoms with Gasteiger partial charge in [0, 0.05) is 0 Å². The summed E-state index contributed by atoms with van der Waals surface area (Å²) in [5.41, 5.74) is 0. The molecule has 0 aromatic heterocycles. The van der Waals surface area contributed by atoms with E-state index in [2.05, 4.69) is 5.32 Å². The van der Waals surface area contributed by atoms with Crippen molar-refractivity contribution in [2.24, 2.45) is 0 Å². The lowest BCUT2D eigenvalue weighted by molar-refractivity contribution is -0.135. The van der Waals surface area contributed by atoms with E-state index in [0.29, 0.717) is 11.5 Å². The molecule has 98 valence electrons. The first-order valence-corrected chi connectivity index (χ1v) is 4.97. The quantitative estimate of drug-likeness (QED) is 0.811. The van der Waals surface area contributed by atoms with Crippen LogP contribution in [-0.4, -0.2) is 37.9 Å². The van der Waals surface area contributed by atoms with Crippen LogP contribution in [0.3, 0.4) is 0 Å². The number of ether oxygens (including phenoxy) is 3. The molecule has 1 amide bonds. The van der Waals surface area contributed by atoms with Crippen molar-refractivity contribution < 1.29 is 28.9 Å². The van der Waals surface area contributed by atoms with Crippen LogP contribution in [0.4, 0.5) is 4.79 Å². The van der Waals surface area contributed by atoms with E-state index >= 15 is 0 Å². The Bertz CT molecular complexity index is 423. The molecule has 0 atom stereocenters. The van der Waals surface area contributed by atoms with Crippen molar-refractivity contribution in [2.45, 2.75) is 0 Å². The van der Waals surface area contributed by atoms with E-state index in [0.717, 1.165) is 0 Å². The van der Waals surface area contributed by atoms with Crippen LogP contribution in [0, 0.1) is 0 Å². The lowest BCUT2D eigenvalue weighted by atomic mass is 10.3. The minimum Gasteiger partial charge on any atom is -0.493 e. The van der Waals surface area contributed by atoms with Gasteiger partial charge < -0.3 is 24.6 Å². The van der Waals surface area contributed by atoms with Crippen molar-refractivity contribution in [3.05, 3.63) is 18.2 Å². The number of rotatable bonds is 5. The van der Waals surface area contributed by atoms with Gasteiger partial charge in [0.1, 0.15) is 6.54 Å². The van der Waals surface area contributed by atoms with E-state index in [-0.39, 0.29) is 5.75 Å². The number of benzene rings is 1. The first-order valence-electron chi connectivity index (χ1n) is 4.97. The summed E-state index contributed by atoms with van der Waals surface area (Å²) >= 11 is 0. The van der Waals surface area contributed by atoms with Crippen LogP contribution in [0.5, 0.6) is 17.2 Å². The van der Waals surface area contributed by atoms with E-state index in [9.17, 15) is 9.59 Å².